The van der Waals surface area contributed by atoms with Gasteiger partial charge >= 0.3 is 0 Å². The van der Waals surface area contributed by atoms with Crippen molar-refractivity contribution in [3.05, 3.63) is 16.1 Å². The predicted octanol–water partition coefficient (Wildman–Crippen LogP) is 4.84. The number of thiazole rings is 1. The quantitative estimate of drug-likeness (QED) is 0.723. The molecule has 1 unspecified atom stereocenters. The van der Waals surface area contributed by atoms with Gasteiger partial charge < -0.3 is 0 Å². The Hall–Kier alpha value is -0.120. The first kappa shape index (κ1) is 15.3. The van der Waals surface area contributed by atoms with Crippen LogP contribution < -0.4 is 0 Å². The van der Waals surface area contributed by atoms with E-state index in [1.807, 2.05) is 0 Å². The van der Waals surface area contributed by atoms with E-state index in [9.17, 15) is 0 Å². The van der Waals surface area contributed by atoms with Gasteiger partial charge in [-0.1, -0.05) is 13.3 Å². The molecule has 0 bridgehead atoms. The lowest BCUT2D eigenvalue weighted by Gasteiger charge is -2.37. The van der Waals surface area contributed by atoms with Gasteiger partial charge in [0.1, 0.15) is 5.01 Å². The summed E-state index contributed by atoms with van der Waals surface area (Å²) in [5, 5.41) is 3.29. The zero-order chi connectivity index (χ0) is 13.8. The number of nitrogens with zero attached hydrogens (tertiary/aromatic N) is 2. The molecule has 1 fully saturated rings. The Kier molecular flexibility index (Phi) is 5.67. The highest BCUT2D eigenvalue weighted by Gasteiger charge is 2.27. The average Bonchev–Trinajstić information content (AvgIpc) is 2.94. The van der Waals surface area contributed by atoms with Crippen molar-refractivity contribution in [3.8, 4) is 0 Å². The zero-order valence-corrected chi connectivity index (χ0v) is 13.8. The van der Waals surface area contributed by atoms with Crippen molar-refractivity contribution in [2.75, 3.05) is 7.05 Å². The number of rotatable bonds is 5. The van der Waals surface area contributed by atoms with E-state index < -0.39 is 0 Å². The van der Waals surface area contributed by atoms with E-state index in [1.54, 1.807) is 11.3 Å². The number of hydrogen-bond acceptors (Lipinski definition) is 3. The number of halogens is 1. The maximum Gasteiger partial charge on any atom is 0.110 e. The zero-order valence-electron chi connectivity index (χ0n) is 12.2. The predicted molar refractivity (Wildman–Crippen MR) is 83.9 cm³/mol. The van der Waals surface area contributed by atoms with E-state index >= 15 is 0 Å². The van der Waals surface area contributed by atoms with E-state index in [2.05, 4.69) is 36.2 Å². The highest BCUT2D eigenvalue weighted by Crippen LogP contribution is 2.33. The monoisotopic (exact) mass is 300 g/mol. The third-order valence-electron chi connectivity index (χ3n) is 4.64. The van der Waals surface area contributed by atoms with E-state index in [0.717, 1.165) is 17.7 Å². The van der Waals surface area contributed by atoms with Gasteiger partial charge in [0.2, 0.25) is 0 Å². The van der Waals surface area contributed by atoms with Gasteiger partial charge in [-0.3, -0.25) is 4.90 Å². The number of alkyl halides is 1. The molecule has 1 aromatic heterocycles. The fourth-order valence-corrected chi connectivity index (χ4v) is 4.18. The summed E-state index contributed by atoms with van der Waals surface area (Å²) in [4.78, 5) is 7.14. The van der Waals surface area contributed by atoms with Gasteiger partial charge in [-0.15, -0.1) is 22.9 Å². The van der Waals surface area contributed by atoms with Gasteiger partial charge in [0.25, 0.3) is 0 Å². The van der Waals surface area contributed by atoms with Gasteiger partial charge in [-0.2, -0.15) is 0 Å². The Morgan fingerprint density at radius 2 is 2.11 bits per heavy atom. The van der Waals surface area contributed by atoms with Crippen LogP contribution in [-0.2, 0) is 5.88 Å². The van der Waals surface area contributed by atoms with Crippen LogP contribution in [0, 0.1) is 5.92 Å². The lowest BCUT2D eigenvalue weighted by Crippen LogP contribution is -2.36. The summed E-state index contributed by atoms with van der Waals surface area (Å²) in [6.07, 6.45) is 6.81. The summed E-state index contributed by atoms with van der Waals surface area (Å²) in [5.41, 5.74) is 1.01. The molecule has 0 amide bonds. The highest BCUT2D eigenvalue weighted by atomic mass is 35.5. The average molecular weight is 301 g/mol. The molecule has 1 heterocycles. The van der Waals surface area contributed by atoms with Crippen LogP contribution in [0.4, 0.5) is 0 Å². The maximum atomic E-state index is 5.84. The molecule has 1 aliphatic rings. The van der Waals surface area contributed by atoms with E-state index in [-0.39, 0.29) is 0 Å². The second kappa shape index (κ2) is 7.05. The third kappa shape index (κ3) is 3.71. The van der Waals surface area contributed by atoms with Crippen LogP contribution in [0.1, 0.15) is 62.7 Å². The van der Waals surface area contributed by atoms with Gasteiger partial charge in [0.15, 0.2) is 0 Å². The highest BCUT2D eigenvalue weighted by molar-refractivity contribution is 7.09. The minimum absolute atomic E-state index is 0.408. The normalized spacial score (nSPS) is 25.7. The Labute approximate surface area is 126 Å². The largest absolute Gasteiger partial charge is 0.294 e. The summed E-state index contributed by atoms with van der Waals surface area (Å²) in [6, 6.07) is 1.13. The number of hydrogen-bond donors (Lipinski definition) is 0. The van der Waals surface area contributed by atoms with Crippen LogP contribution in [0.5, 0.6) is 0 Å². The Morgan fingerprint density at radius 1 is 1.42 bits per heavy atom. The first-order chi connectivity index (χ1) is 9.15. The van der Waals surface area contributed by atoms with Gasteiger partial charge in [0, 0.05) is 11.4 Å². The smallest absolute Gasteiger partial charge is 0.110 e. The summed E-state index contributed by atoms with van der Waals surface area (Å²) < 4.78 is 0. The molecule has 1 saturated carbocycles. The van der Waals surface area contributed by atoms with E-state index in [4.69, 9.17) is 11.6 Å². The molecular formula is C15H25ClN2S. The summed E-state index contributed by atoms with van der Waals surface area (Å²) in [5.74, 6) is 1.48. The second-order valence-corrected chi connectivity index (χ2v) is 6.89. The summed E-state index contributed by atoms with van der Waals surface area (Å²) >= 11 is 7.58. The molecule has 1 atom stereocenters. The minimum atomic E-state index is 0.408. The first-order valence-electron chi connectivity index (χ1n) is 7.37. The van der Waals surface area contributed by atoms with Gasteiger partial charge in [0.05, 0.1) is 17.6 Å². The van der Waals surface area contributed by atoms with Crippen molar-refractivity contribution in [1.82, 2.24) is 9.88 Å². The number of aromatic nitrogens is 1. The molecule has 2 nitrogen and oxygen atoms in total. The van der Waals surface area contributed by atoms with Gasteiger partial charge in [-0.25, -0.2) is 4.98 Å². The van der Waals surface area contributed by atoms with Crippen LogP contribution in [0.25, 0.3) is 0 Å². The molecule has 0 saturated heterocycles. The molecule has 19 heavy (non-hydrogen) atoms. The Bertz CT molecular complexity index is 385. The van der Waals surface area contributed by atoms with Gasteiger partial charge in [-0.05, 0) is 45.6 Å². The minimum Gasteiger partial charge on any atom is -0.294 e. The lowest BCUT2D eigenvalue weighted by atomic mass is 9.84. The molecule has 4 heteroatoms. The molecule has 0 N–H and O–H groups in total. The fourth-order valence-electron chi connectivity index (χ4n) is 3.03. The van der Waals surface area contributed by atoms with E-state index in [1.165, 1.54) is 37.1 Å². The summed E-state index contributed by atoms with van der Waals surface area (Å²) in [6.45, 7) is 4.59. The standard InChI is InChI=1S/C15H25ClN2S/c1-4-12-5-7-14(8-6-12)18(3)11(2)15-17-13(9-16)10-19-15/h10-12,14H,4-9H2,1-3H3. The maximum absolute atomic E-state index is 5.84. The van der Waals surface area contributed by atoms with Crippen LogP contribution in [0.2, 0.25) is 0 Å². The topological polar surface area (TPSA) is 16.1 Å². The van der Waals surface area contributed by atoms with E-state index in [0.29, 0.717) is 11.9 Å². The van der Waals surface area contributed by atoms with Crippen molar-refractivity contribution in [3.63, 3.8) is 0 Å². The van der Waals surface area contributed by atoms with Crippen LogP contribution in [-0.4, -0.2) is 23.0 Å². The summed E-state index contributed by atoms with van der Waals surface area (Å²) in [7, 11) is 2.25. The third-order valence-corrected chi connectivity index (χ3v) is 5.98. The van der Waals surface area contributed by atoms with Crippen molar-refractivity contribution in [1.29, 1.82) is 0 Å². The lowest BCUT2D eigenvalue weighted by molar-refractivity contribution is 0.126. The van der Waals surface area contributed by atoms with Crippen molar-refractivity contribution < 1.29 is 0 Å². The SMILES string of the molecule is CCC1CCC(N(C)C(C)c2nc(CCl)cs2)CC1. The second-order valence-electron chi connectivity index (χ2n) is 5.73. The Morgan fingerprint density at radius 3 is 2.63 bits per heavy atom. The van der Waals surface area contributed by atoms with Crippen LogP contribution in [0.15, 0.2) is 5.38 Å². The van der Waals surface area contributed by atoms with Crippen molar-refractivity contribution in [2.45, 2.75) is 63.9 Å². The molecule has 2 rings (SSSR count). The molecule has 1 aliphatic carbocycles. The van der Waals surface area contributed by atoms with Crippen LogP contribution >= 0.6 is 22.9 Å². The molecule has 0 aromatic carbocycles. The molecule has 108 valence electrons. The fraction of sp³-hybridized carbons (Fsp3) is 0.800. The molecular weight excluding hydrogens is 276 g/mol. The molecule has 0 spiro atoms. The molecule has 0 aliphatic heterocycles. The Balaban J connectivity index is 1.93. The van der Waals surface area contributed by atoms with Crippen molar-refractivity contribution in [2.24, 2.45) is 5.92 Å². The van der Waals surface area contributed by atoms with Crippen molar-refractivity contribution >= 4 is 22.9 Å². The molecule has 0 radical (unpaired) electrons. The van der Waals surface area contributed by atoms with Crippen LogP contribution in [0.3, 0.4) is 0 Å². The first-order valence-corrected chi connectivity index (χ1v) is 8.79. The molecule has 1 aromatic rings.